The molecule has 0 spiro atoms. The first kappa shape index (κ1) is 45.6. The largest absolute Gasteiger partial charge is 0.462 e. The van der Waals surface area contributed by atoms with Crippen molar-refractivity contribution in [1.29, 1.82) is 0 Å². The monoisotopic (exact) mass is 665 g/mol. The third-order valence-corrected chi connectivity index (χ3v) is 9.31. The van der Waals surface area contributed by atoms with Crippen molar-refractivity contribution in [3.63, 3.8) is 0 Å². The number of ether oxygens (including phenoxy) is 2. The van der Waals surface area contributed by atoms with E-state index in [1.165, 1.54) is 161 Å². The lowest BCUT2D eigenvalue weighted by Crippen LogP contribution is -2.28. The molecule has 0 aliphatic carbocycles. The zero-order valence-corrected chi connectivity index (χ0v) is 31.6. The van der Waals surface area contributed by atoms with Crippen molar-refractivity contribution in [1.82, 2.24) is 0 Å². The molecule has 0 saturated heterocycles. The first-order chi connectivity index (χ1) is 23.1. The summed E-state index contributed by atoms with van der Waals surface area (Å²) in [6, 6.07) is 0. The third-order valence-electron chi connectivity index (χ3n) is 9.31. The number of carbonyl (C=O) groups is 2. The quantitative estimate of drug-likeness (QED) is 0.0404. The van der Waals surface area contributed by atoms with E-state index >= 15 is 0 Å². The van der Waals surface area contributed by atoms with Crippen LogP contribution in [0.1, 0.15) is 226 Å². The van der Waals surface area contributed by atoms with Crippen LogP contribution in [0.3, 0.4) is 0 Å². The van der Waals surface area contributed by atoms with Gasteiger partial charge in [-0.05, 0) is 38.5 Å². The van der Waals surface area contributed by atoms with E-state index in [1.807, 2.05) is 0 Å². The number of hydrogen-bond donors (Lipinski definition) is 1. The number of rotatable bonds is 38. The third kappa shape index (κ3) is 37.3. The summed E-state index contributed by atoms with van der Waals surface area (Å²) in [6.07, 6.45) is 44.2. The number of allylic oxidation sites excluding steroid dienone is 2. The highest BCUT2D eigenvalue weighted by molar-refractivity contribution is 5.70. The fraction of sp³-hybridized carbons (Fsp3) is 0.905. The fourth-order valence-electron chi connectivity index (χ4n) is 6.14. The van der Waals surface area contributed by atoms with Crippen LogP contribution in [0.15, 0.2) is 12.2 Å². The minimum atomic E-state index is -0.764. The first-order valence-electron chi connectivity index (χ1n) is 20.7. The van der Waals surface area contributed by atoms with Crippen molar-refractivity contribution in [2.45, 2.75) is 232 Å². The summed E-state index contributed by atoms with van der Waals surface area (Å²) in [6.45, 7) is 4.15. The maximum absolute atomic E-state index is 12.2. The standard InChI is InChI=1S/C42H80O5/c1-3-5-7-9-11-13-15-17-18-19-20-21-22-23-24-25-27-29-31-33-35-37-42(45)47-40(38-43)39-46-41(44)36-34-32-30-28-26-16-14-12-10-8-6-4-2/h17-18,40,43H,3-16,19-39H2,1-2H3/b18-17+/t40-/m0/s1. The molecular formula is C42H80O5. The van der Waals surface area contributed by atoms with Gasteiger partial charge in [0.1, 0.15) is 6.61 Å². The van der Waals surface area contributed by atoms with Gasteiger partial charge in [-0.3, -0.25) is 9.59 Å². The molecule has 0 radical (unpaired) electrons. The molecule has 0 aliphatic heterocycles. The smallest absolute Gasteiger partial charge is 0.306 e. The van der Waals surface area contributed by atoms with Gasteiger partial charge in [0.05, 0.1) is 6.61 Å². The molecule has 0 fully saturated rings. The van der Waals surface area contributed by atoms with Crippen molar-refractivity contribution in [3.8, 4) is 0 Å². The molecule has 0 saturated carbocycles. The molecule has 0 amide bonds. The van der Waals surface area contributed by atoms with Crippen LogP contribution in [0.25, 0.3) is 0 Å². The summed E-state index contributed by atoms with van der Waals surface area (Å²) in [7, 11) is 0. The summed E-state index contributed by atoms with van der Waals surface area (Å²) in [5.74, 6) is -0.581. The molecule has 5 nitrogen and oxygen atoms in total. The molecule has 47 heavy (non-hydrogen) atoms. The molecule has 0 aromatic heterocycles. The summed E-state index contributed by atoms with van der Waals surface area (Å²) in [4.78, 5) is 24.2. The van der Waals surface area contributed by atoms with Crippen LogP contribution in [0.5, 0.6) is 0 Å². The van der Waals surface area contributed by atoms with Gasteiger partial charge in [0.2, 0.25) is 0 Å². The van der Waals surface area contributed by atoms with E-state index in [2.05, 4.69) is 26.0 Å². The molecule has 0 heterocycles. The molecule has 0 aliphatic rings. The Morgan fingerprint density at radius 2 is 0.787 bits per heavy atom. The summed E-state index contributed by atoms with van der Waals surface area (Å²) in [5.41, 5.74) is 0. The predicted molar refractivity (Wildman–Crippen MR) is 201 cm³/mol. The zero-order chi connectivity index (χ0) is 34.3. The van der Waals surface area contributed by atoms with E-state index in [0.29, 0.717) is 12.8 Å². The van der Waals surface area contributed by atoms with Crippen molar-refractivity contribution in [3.05, 3.63) is 12.2 Å². The SMILES string of the molecule is CCCCCCCC/C=C/CCCCCCCCCCCCCC(=O)O[C@@H](CO)COC(=O)CCCCCCCCCCCCCC. The van der Waals surface area contributed by atoms with Crippen molar-refractivity contribution in [2.24, 2.45) is 0 Å². The minimum Gasteiger partial charge on any atom is -0.462 e. The van der Waals surface area contributed by atoms with Crippen molar-refractivity contribution < 1.29 is 24.2 Å². The highest BCUT2D eigenvalue weighted by Gasteiger charge is 2.16. The van der Waals surface area contributed by atoms with Crippen LogP contribution < -0.4 is 0 Å². The Kier molecular flexibility index (Phi) is 38.0. The lowest BCUT2D eigenvalue weighted by atomic mass is 10.0. The van der Waals surface area contributed by atoms with Gasteiger partial charge in [-0.15, -0.1) is 0 Å². The number of aliphatic hydroxyl groups is 1. The van der Waals surface area contributed by atoms with E-state index in [-0.39, 0.29) is 25.2 Å². The number of aliphatic hydroxyl groups excluding tert-OH is 1. The Balaban J connectivity index is 3.48. The van der Waals surface area contributed by atoms with Crippen LogP contribution in [-0.2, 0) is 19.1 Å². The van der Waals surface area contributed by atoms with Gasteiger partial charge in [-0.2, -0.15) is 0 Å². The first-order valence-corrected chi connectivity index (χ1v) is 20.7. The predicted octanol–water partition coefficient (Wildman–Crippen LogP) is 12.9. The van der Waals surface area contributed by atoms with Gasteiger partial charge in [0, 0.05) is 12.8 Å². The normalized spacial score (nSPS) is 12.1. The van der Waals surface area contributed by atoms with Gasteiger partial charge < -0.3 is 14.6 Å². The molecule has 278 valence electrons. The minimum absolute atomic E-state index is 0.0598. The molecule has 5 heteroatoms. The Morgan fingerprint density at radius 3 is 1.15 bits per heavy atom. The summed E-state index contributed by atoms with van der Waals surface area (Å²) in [5, 5.41) is 9.55. The number of carbonyl (C=O) groups excluding carboxylic acids is 2. The van der Waals surface area contributed by atoms with E-state index in [9.17, 15) is 14.7 Å². The molecular weight excluding hydrogens is 584 g/mol. The van der Waals surface area contributed by atoms with Crippen molar-refractivity contribution in [2.75, 3.05) is 13.2 Å². The van der Waals surface area contributed by atoms with Crippen molar-refractivity contribution >= 4 is 11.9 Å². The highest BCUT2D eigenvalue weighted by Crippen LogP contribution is 2.15. The number of hydrogen-bond acceptors (Lipinski definition) is 5. The lowest BCUT2D eigenvalue weighted by Gasteiger charge is -2.15. The lowest BCUT2D eigenvalue weighted by molar-refractivity contribution is -0.161. The van der Waals surface area contributed by atoms with Crippen LogP contribution in [0, 0.1) is 0 Å². The van der Waals surface area contributed by atoms with E-state index in [1.54, 1.807) is 0 Å². The van der Waals surface area contributed by atoms with Crippen LogP contribution in [0.4, 0.5) is 0 Å². The van der Waals surface area contributed by atoms with Gasteiger partial charge in [-0.25, -0.2) is 0 Å². The highest BCUT2D eigenvalue weighted by atomic mass is 16.6. The molecule has 1 N–H and O–H groups in total. The number of unbranched alkanes of at least 4 members (excludes halogenated alkanes) is 28. The average molecular weight is 665 g/mol. The molecule has 1 atom stereocenters. The van der Waals surface area contributed by atoms with E-state index in [0.717, 1.165) is 38.5 Å². The fourth-order valence-corrected chi connectivity index (χ4v) is 6.14. The van der Waals surface area contributed by atoms with Gasteiger partial charge in [0.15, 0.2) is 6.10 Å². The number of esters is 2. The topological polar surface area (TPSA) is 72.8 Å². The maximum Gasteiger partial charge on any atom is 0.306 e. The Labute approximate surface area is 292 Å². The Hall–Kier alpha value is -1.36. The second kappa shape index (κ2) is 39.1. The molecule has 0 aromatic rings. The second-order valence-electron chi connectivity index (χ2n) is 14.1. The summed E-state index contributed by atoms with van der Waals surface area (Å²) >= 11 is 0. The Morgan fingerprint density at radius 1 is 0.468 bits per heavy atom. The van der Waals surface area contributed by atoms with Crippen LogP contribution >= 0.6 is 0 Å². The zero-order valence-electron chi connectivity index (χ0n) is 31.6. The summed E-state index contributed by atoms with van der Waals surface area (Å²) < 4.78 is 10.6. The average Bonchev–Trinajstić information content (AvgIpc) is 3.07. The van der Waals surface area contributed by atoms with Gasteiger partial charge in [-0.1, -0.05) is 187 Å². The van der Waals surface area contributed by atoms with Gasteiger partial charge in [0.25, 0.3) is 0 Å². The van der Waals surface area contributed by atoms with Crippen LogP contribution in [0.2, 0.25) is 0 Å². The molecule has 0 aromatic carbocycles. The van der Waals surface area contributed by atoms with E-state index in [4.69, 9.17) is 9.47 Å². The maximum atomic E-state index is 12.2. The molecule has 0 bridgehead atoms. The van der Waals surface area contributed by atoms with E-state index < -0.39 is 6.10 Å². The molecule has 0 rings (SSSR count). The van der Waals surface area contributed by atoms with Crippen LogP contribution in [-0.4, -0.2) is 36.4 Å². The van der Waals surface area contributed by atoms with Gasteiger partial charge >= 0.3 is 11.9 Å². The molecule has 0 unspecified atom stereocenters. The Bertz CT molecular complexity index is 676. The second-order valence-corrected chi connectivity index (χ2v) is 14.1.